The minimum atomic E-state index is 0.0829. The van der Waals surface area contributed by atoms with Gasteiger partial charge in [-0.05, 0) is 54.6 Å². The number of carbonyl (C=O) groups is 1. The van der Waals surface area contributed by atoms with Crippen LogP contribution in [0, 0.1) is 0 Å². The van der Waals surface area contributed by atoms with Gasteiger partial charge in [-0.1, -0.05) is 0 Å². The van der Waals surface area contributed by atoms with E-state index in [9.17, 15) is 4.79 Å². The average molecular weight is 324 g/mol. The Morgan fingerprint density at radius 3 is 2.83 bits per heavy atom. The minimum Gasteiger partial charge on any atom is -0.331 e. The van der Waals surface area contributed by atoms with Crippen molar-refractivity contribution in [1.82, 2.24) is 19.7 Å². The normalized spacial score (nSPS) is 17.1. The van der Waals surface area contributed by atoms with Crippen LogP contribution in [-0.2, 0) is 6.42 Å². The molecule has 23 heavy (non-hydrogen) atoms. The fraction of sp³-hybridized carbons (Fsp3) is 0.235. The second-order valence-corrected chi connectivity index (χ2v) is 6.61. The van der Waals surface area contributed by atoms with Gasteiger partial charge in [0, 0.05) is 17.0 Å². The van der Waals surface area contributed by atoms with Crippen molar-refractivity contribution in [3.05, 3.63) is 64.4 Å². The van der Waals surface area contributed by atoms with E-state index in [-0.39, 0.29) is 11.9 Å². The Kier molecular flexibility index (Phi) is 3.46. The summed E-state index contributed by atoms with van der Waals surface area (Å²) in [5, 5.41) is 6.21. The Morgan fingerprint density at radius 1 is 1.26 bits per heavy atom. The zero-order valence-electron chi connectivity index (χ0n) is 12.7. The number of nitrogens with zero attached hydrogens (tertiary/aromatic N) is 4. The van der Waals surface area contributed by atoms with Gasteiger partial charge in [0.25, 0.3) is 5.91 Å². The van der Waals surface area contributed by atoms with E-state index in [0.717, 1.165) is 18.7 Å². The van der Waals surface area contributed by atoms with E-state index in [1.54, 1.807) is 22.3 Å². The van der Waals surface area contributed by atoms with Gasteiger partial charge in [0.1, 0.15) is 12.7 Å². The lowest BCUT2D eigenvalue weighted by atomic mass is 10.0. The molecule has 0 unspecified atom stereocenters. The van der Waals surface area contributed by atoms with E-state index < -0.39 is 0 Å². The zero-order valence-corrected chi connectivity index (χ0v) is 13.5. The Balaban J connectivity index is 1.58. The molecule has 0 saturated heterocycles. The van der Waals surface area contributed by atoms with Crippen LogP contribution in [0.5, 0.6) is 0 Å². The fourth-order valence-corrected chi connectivity index (χ4v) is 4.01. The largest absolute Gasteiger partial charge is 0.331 e. The molecule has 0 fully saturated rings. The molecule has 1 amide bonds. The summed E-state index contributed by atoms with van der Waals surface area (Å²) in [6.07, 6.45) is 4.08. The van der Waals surface area contributed by atoms with Crippen LogP contribution in [0.25, 0.3) is 5.69 Å². The second-order valence-electron chi connectivity index (χ2n) is 5.61. The third kappa shape index (κ3) is 2.45. The Morgan fingerprint density at radius 2 is 2.09 bits per heavy atom. The number of hydrogen-bond acceptors (Lipinski definition) is 4. The number of carbonyl (C=O) groups excluding carboxylic acids is 1. The van der Waals surface area contributed by atoms with Crippen LogP contribution < -0.4 is 0 Å². The first-order valence-corrected chi connectivity index (χ1v) is 8.44. The number of hydrogen-bond donors (Lipinski definition) is 0. The average Bonchev–Trinajstić information content (AvgIpc) is 3.27. The molecule has 2 aromatic heterocycles. The number of fused-ring (bicyclic) bond motifs is 1. The summed E-state index contributed by atoms with van der Waals surface area (Å²) in [5.74, 6) is 0.0829. The van der Waals surface area contributed by atoms with E-state index in [1.807, 2.05) is 29.2 Å². The third-order valence-electron chi connectivity index (χ3n) is 4.34. The number of aromatic nitrogens is 3. The lowest BCUT2D eigenvalue weighted by molar-refractivity contribution is 0.0679. The zero-order chi connectivity index (χ0) is 15.8. The van der Waals surface area contributed by atoms with Crippen molar-refractivity contribution in [1.29, 1.82) is 0 Å². The monoisotopic (exact) mass is 324 g/mol. The molecule has 1 aliphatic heterocycles. The van der Waals surface area contributed by atoms with E-state index in [1.165, 1.54) is 16.8 Å². The first kappa shape index (κ1) is 14.1. The number of benzene rings is 1. The second kappa shape index (κ2) is 5.62. The number of amides is 1. The summed E-state index contributed by atoms with van der Waals surface area (Å²) < 4.78 is 1.68. The molecule has 1 aromatic carbocycles. The molecule has 5 nitrogen and oxygen atoms in total. The van der Waals surface area contributed by atoms with Crippen LogP contribution in [0.2, 0.25) is 0 Å². The van der Waals surface area contributed by atoms with Gasteiger partial charge < -0.3 is 4.90 Å². The molecular formula is C17H16N4OS. The quantitative estimate of drug-likeness (QED) is 0.728. The maximum Gasteiger partial charge on any atom is 0.254 e. The van der Waals surface area contributed by atoms with Gasteiger partial charge in [0.05, 0.1) is 11.7 Å². The highest BCUT2D eigenvalue weighted by Gasteiger charge is 2.28. The van der Waals surface area contributed by atoms with Crippen molar-refractivity contribution in [3.63, 3.8) is 0 Å². The van der Waals surface area contributed by atoms with Gasteiger partial charge in [-0.15, -0.1) is 11.3 Å². The van der Waals surface area contributed by atoms with Gasteiger partial charge in [0.2, 0.25) is 0 Å². The van der Waals surface area contributed by atoms with E-state index in [2.05, 4.69) is 28.5 Å². The molecule has 116 valence electrons. The highest BCUT2D eigenvalue weighted by molar-refractivity contribution is 7.10. The van der Waals surface area contributed by atoms with Gasteiger partial charge in [-0.2, -0.15) is 5.10 Å². The van der Waals surface area contributed by atoms with E-state index in [0.29, 0.717) is 5.56 Å². The molecule has 4 rings (SSSR count). The molecule has 0 spiro atoms. The van der Waals surface area contributed by atoms with Crippen LogP contribution >= 0.6 is 11.3 Å². The lowest BCUT2D eigenvalue weighted by Crippen LogP contribution is -2.38. The van der Waals surface area contributed by atoms with Crippen molar-refractivity contribution in [2.24, 2.45) is 0 Å². The maximum atomic E-state index is 12.8. The summed E-state index contributed by atoms with van der Waals surface area (Å²) in [6, 6.07) is 9.77. The molecule has 0 aliphatic carbocycles. The maximum absolute atomic E-state index is 12.8. The molecule has 0 radical (unpaired) electrons. The highest BCUT2D eigenvalue weighted by atomic mass is 32.1. The SMILES string of the molecule is C[C@@H]1c2ccsc2CCN1C(=O)c1ccc(-n2cncn2)cc1. The van der Waals surface area contributed by atoms with Crippen LogP contribution in [0.15, 0.2) is 48.4 Å². The molecule has 3 aromatic rings. The summed E-state index contributed by atoms with van der Waals surface area (Å²) in [6.45, 7) is 2.88. The molecule has 3 heterocycles. The van der Waals surface area contributed by atoms with Crippen molar-refractivity contribution in [3.8, 4) is 5.69 Å². The Bertz CT molecular complexity index is 823. The van der Waals surface area contributed by atoms with Gasteiger partial charge in [0.15, 0.2) is 0 Å². The first-order chi connectivity index (χ1) is 11.2. The Labute approximate surface area is 138 Å². The minimum absolute atomic E-state index is 0.0829. The molecular weight excluding hydrogens is 308 g/mol. The summed E-state index contributed by atoms with van der Waals surface area (Å²) in [4.78, 5) is 20.1. The molecule has 1 aliphatic rings. The van der Waals surface area contributed by atoms with Gasteiger partial charge in [-0.25, -0.2) is 9.67 Å². The van der Waals surface area contributed by atoms with Crippen molar-refractivity contribution < 1.29 is 4.79 Å². The lowest BCUT2D eigenvalue weighted by Gasteiger charge is -2.33. The van der Waals surface area contributed by atoms with Crippen LogP contribution in [0.3, 0.4) is 0 Å². The molecule has 0 N–H and O–H groups in total. The first-order valence-electron chi connectivity index (χ1n) is 7.56. The fourth-order valence-electron chi connectivity index (χ4n) is 3.05. The third-order valence-corrected chi connectivity index (χ3v) is 5.33. The van der Waals surface area contributed by atoms with Crippen molar-refractivity contribution >= 4 is 17.2 Å². The van der Waals surface area contributed by atoms with Gasteiger partial charge in [-0.3, -0.25) is 4.79 Å². The molecule has 0 bridgehead atoms. The molecule has 0 saturated carbocycles. The van der Waals surface area contributed by atoms with E-state index >= 15 is 0 Å². The smallest absolute Gasteiger partial charge is 0.254 e. The molecule has 6 heteroatoms. The molecule has 1 atom stereocenters. The topological polar surface area (TPSA) is 51.0 Å². The Hall–Kier alpha value is -2.47. The predicted octanol–water partition coefficient (Wildman–Crippen LogP) is 3.09. The van der Waals surface area contributed by atoms with Crippen LogP contribution in [-0.4, -0.2) is 32.1 Å². The highest BCUT2D eigenvalue weighted by Crippen LogP contribution is 2.33. The summed E-state index contributed by atoms with van der Waals surface area (Å²) in [7, 11) is 0. The number of rotatable bonds is 2. The van der Waals surface area contributed by atoms with Crippen LogP contribution in [0.4, 0.5) is 0 Å². The van der Waals surface area contributed by atoms with Crippen LogP contribution in [0.1, 0.15) is 33.8 Å². The van der Waals surface area contributed by atoms with Crippen molar-refractivity contribution in [2.75, 3.05) is 6.54 Å². The standard InChI is InChI=1S/C17H16N4OS/c1-12-15-7-9-23-16(15)6-8-20(12)17(22)13-2-4-14(5-3-13)21-11-18-10-19-21/h2-5,7,9-12H,6,8H2,1H3/t12-/m1/s1. The summed E-state index contributed by atoms with van der Waals surface area (Å²) >= 11 is 1.79. The number of thiophene rings is 1. The summed E-state index contributed by atoms with van der Waals surface area (Å²) in [5.41, 5.74) is 2.89. The van der Waals surface area contributed by atoms with Crippen molar-refractivity contribution in [2.45, 2.75) is 19.4 Å². The predicted molar refractivity (Wildman–Crippen MR) is 88.8 cm³/mol. The van der Waals surface area contributed by atoms with Gasteiger partial charge >= 0.3 is 0 Å². The van der Waals surface area contributed by atoms with E-state index in [4.69, 9.17) is 0 Å².